The van der Waals surface area contributed by atoms with Gasteiger partial charge in [0.1, 0.15) is 0 Å². The van der Waals surface area contributed by atoms with Gasteiger partial charge in [-0.25, -0.2) is 0 Å². The monoisotopic (exact) mass is 136 g/mol. The highest BCUT2D eigenvalue weighted by Gasteiger charge is 2.11. The normalized spacial score (nSPS) is 20.2. The van der Waals surface area contributed by atoms with E-state index in [1.165, 1.54) is 12.8 Å². The van der Waals surface area contributed by atoms with Gasteiger partial charge in [0, 0.05) is 0 Å². The van der Waals surface area contributed by atoms with Crippen molar-refractivity contribution >= 4 is 0 Å². The molecule has 0 bridgehead atoms. The van der Waals surface area contributed by atoms with Crippen molar-refractivity contribution in [3.8, 4) is 0 Å². The van der Waals surface area contributed by atoms with Crippen LogP contribution in [0.1, 0.15) is 26.7 Å². The van der Waals surface area contributed by atoms with Gasteiger partial charge in [-0.1, -0.05) is 51.0 Å². The smallest absolute Gasteiger partial charge is 0.00216 e. The minimum absolute atomic E-state index is 0.722. The fraction of sp³-hybridized carbons (Fsp3) is 0.600. The maximum absolute atomic E-state index is 2.33. The average molecular weight is 136 g/mol. The topological polar surface area (TPSA) is 0 Å². The molecule has 0 radical (unpaired) electrons. The lowest BCUT2D eigenvalue weighted by Crippen LogP contribution is -2.03. The van der Waals surface area contributed by atoms with Gasteiger partial charge >= 0.3 is 0 Å². The molecule has 0 saturated heterocycles. The van der Waals surface area contributed by atoms with Gasteiger partial charge < -0.3 is 0 Å². The molecule has 1 aliphatic rings. The minimum Gasteiger partial charge on any atom is -0.0774 e. The van der Waals surface area contributed by atoms with E-state index in [2.05, 4.69) is 38.2 Å². The Labute approximate surface area is 63.6 Å². The third-order valence-electron chi connectivity index (χ3n) is 2.18. The fourth-order valence-electron chi connectivity index (χ4n) is 1.48. The molecule has 0 aromatic heterocycles. The minimum atomic E-state index is 0.722. The summed E-state index contributed by atoms with van der Waals surface area (Å²) >= 11 is 0. The van der Waals surface area contributed by atoms with Gasteiger partial charge in [0.15, 0.2) is 0 Å². The molecule has 0 fully saturated rings. The quantitative estimate of drug-likeness (QED) is 0.559. The first-order chi connectivity index (χ1) is 4.84. The van der Waals surface area contributed by atoms with E-state index in [0.717, 1.165) is 11.8 Å². The lowest BCUT2D eigenvalue weighted by Gasteiger charge is -2.13. The molecular weight excluding hydrogens is 120 g/mol. The summed E-state index contributed by atoms with van der Waals surface area (Å²) in [5.74, 6) is 1.56. The number of rotatable bonds is 3. The van der Waals surface area contributed by atoms with Gasteiger partial charge in [0.25, 0.3) is 0 Å². The maximum atomic E-state index is 2.33. The SMILES string of the molecule is CCCC(C)C1C=CC=C1. The molecular formula is C10H16. The molecule has 0 saturated carbocycles. The maximum Gasteiger partial charge on any atom is -0.00216 e. The zero-order chi connectivity index (χ0) is 7.40. The van der Waals surface area contributed by atoms with Crippen molar-refractivity contribution in [2.45, 2.75) is 26.7 Å². The summed E-state index contributed by atoms with van der Waals surface area (Å²) in [6.45, 7) is 4.58. The van der Waals surface area contributed by atoms with Crippen LogP contribution in [0.5, 0.6) is 0 Å². The number of hydrogen-bond donors (Lipinski definition) is 0. The molecule has 56 valence electrons. The molecule has 0 aromatic carbocycles. The Kier molecular flexibility index (Phi) is 2.73. The highest BCUT2D eigenvalue weighted by Crippen LogP contribution is 2.22. The van der Waals surface area contributed by atoms with Crippen LogP contribution < -0.4 is 0 Å². The van der Waals surface area contributed by atoms with E-state index in [0.29, 0.717) is 0 Å². The summed E-state index contributed by atoms with van der Waals surface area (Å²) in [5, 5.41) is 0. The molecule has 0 nitrogen and oxygen atoms in total. The van der Waals surface area contributed by atoms with Crippen LogP contribution in [-0.2, 0) is 0 Å². The van der Waals surface area contributed by atoms with Crippen molar-refractivity contribution in [2.75, 3.05) is 0 Å². The second-order valence-electron chi connectivity index (χ2n) is 3.11. The Hall–Kier alpha value is -0.520. The van der Waals surface area contributed by atoms with Crippen LogP contribution in [0.15, 0.2) is 24.3 Å². The average Bonchev–Trinajstić information content (AvgIpc) is 2.38. The van der Waals surface area contributed by atoms with Crippen LogP contribution in [-0.4, -0.2) is 0 Å². The zero-order valence-electron chi connectivity index (χ0n) is 6.88. The fourth-order valence-corrected chi connectivity index (χ4v) is 1.48. The van der Waals surface area contributed by atoms with Crippen LogP contribution in [0.2, 0.25) is 0 Å². The predicted molar refractivity (Wildman–Crippen MR) is 45.8 cm³/mol. The van der Waals surface area contributed by atoms with Crippen LogP contribution in [0.3, 0.4) is 0 Å². The molecule has 0 aromatic rings. The molecule has 0 heterocycles. The Balaban J connectivity index is 2.33. The summed E-state index contributed by atoms with van der Waals surface area (Å²) in [6, 6.07) is 0. The van der Waals surface area contributed by atoms with E-state index in [9.17, 15) is 0 Å². The molecule has 0 aliphatic heterocycles. The van der Waals surface area contributed by atoms with Gasteiger partial charge in [-0.3, -0.25) is 0 Å². The molecule has 0 heteroatoms. The van der Waals surface area contributed by atoms with Crippen LogP contribution >= 0.6 is 0 Å². The predicted octanol–water partition coefficient (Wildman–Crippen LogP) is 3.16. The Morgan fingerprint density at radius 2 is 1.90 bits per heavy atom. The Morgan fingerprint density at radius 1 is 1.30 bits per heavy atom. The van der Waals surface area contributed by atoms with Crippen molar-refractivity contribution in [1.82, 2.24) is 0 Å². The molecule has 0 N–H and O–H groups in total. The second kappa shape index (κ2) is 3.60. The van der Waals surface area contributed by atoms with Crippen molar-refractivity contribution in [1.29, 1.82) is 0 Å². The molecule has 1 unspecified atom stereocenters. The third kappa shape index (κ3) is 1.73. The van der Waals surface area contributed by atoms with Crippen LogP contribution in [0, 0.1) is 11.8 Å². The van der Waals surface area contributed by atoms with Gasteiger partial charge in [0.2, 0.25) is 0 Å². The molecule has 0 spiro atoms. The standard InChI is InChI=1S/C10H16/c1-3-6-9(2)10-7-4-5-8-10/h4-5,7-10H,3,6H2,1-2H3. The van der Waals surface area contributed by atoms with Crippen molar-refractivity contribution in [3.63, 3.8) is 0 Å². The highest BCUT2D eigenvalue weighted by molar-refractivity contribution is 5.18. The first kappa shape index (κ1) is 7.59. The summed E-state index contributed by atoms with van der Waals surface area (Å²) in [7, 11) is 0. The van der Waals surface area contributed by atoms with Crippen molar-refractivity contribution in [3.05, 3.63) is 24.3 Å². The van der Waals surface area contributed by atoms with E-state index in [-0.39, 0.29) is 0 Å². The van der Waals surface area contributed by atoms with E-state index in [1.807, 2.05) is 0 Å². The summed E-state index contributed by atoms with van der Waals surface area (Å²) in [4.78, 5) is 0. The lowest BCUT2D eigenvalue weighted by atomic mass is 9.92. The summed E-state index contributed by atoms with van der Waals surface area (Å²) in [6.07, 6.45) is 11.5. The van der Waals surface area contributed by atoms with Gasteiger partial charge in [-0.15, -0.1) is 0 Å². The lowest BCUT2D eigenvalue weighted by molar-refractivity contribution is 0.459. The molecule has 1 rings (SSSR count). The van der Waals surface area contributed by atoms with Gasteiger partial charge in [0.05, 0.1) is 0 Å². The Bertz CT molecular complexity index is 130. The van der Waals surface area contributed by atoms with E-state index in [4.69, 9.17) is 0 Å². The summed E-state index contributed by atoms with van der Waals surface area (Å²) < 4.78 is 0. The van der Waals surface area contributed by atoms with Crippen molar-refractivity contribution < 1.29 is 0 Å². The second-order valence-corrected chi connectivity index (χ2v) is 3.11. The molecule has 1 aliphatic carbocycles. The van der Waals surface area contributed by atoms with E-state index >= 15 is 0 Å². The van der Waals surface area contributed by atoms with Gasteiger partial charge in [-0.05, 0) is 11.8 Å². The molecule has 10 heavy (non-hydrogen) atoms. The van der Waals surface area contributed by atoms with E-state index in [1.54, 1.807) is 0 Å². The molecule has 0 amide bonds. The number of allylic oxidation sites excluding steroid dienone is 4. The first-order valence-corrected chi connectivity index (χ1v) is 4.19. The van der Waals surface area contributed by atoms with Crippen molar-refractivity contribution in [2.24, 2.45) is 11.8 Å². The van der Waals surface area contributed by atoms with Crippen LogP contribution in [0.25, 0.3) is 0 Å². The summed E-state index contributed by atoms with van der Waals surface area (Å²) in [5.41, 5.74) is 0. The molecule has 1 atom stereocenters. The first-order valence-electron chi connectivity index (χ1n) is 4.19. The van der Waals surface area contributed by atoms with Gasteiger partial charge in [-0.2, -0.15) is 0 Å². The zero-order valence-corrected chi connectivity index (χ0v) is 6.88. The highest BCUT2D eigenvalue weighted by atomic mass is 14.2. The van der Waals surface area contributed by atoms with E-state index < -0.39 is 0 Å². The van der Waals surface area contributed by atoms with Crippen LogP contribution in [0.4, 0.5) is 0 Å². The Morgan fingerprint density at radius 3 is 2.40 bits per heavy atom. The number of hydrogen-bond acceptors (Lipinski definition) is 0. The third-order valence-corrected chi connectivity index (χ3v) is 2.18. The largest absolute Gasteiger partial charge is 0.0774 e.